The van der Waals surface area contributed by atoms with Gasteiger partial charge in [0.1, 0.15) is 0 Å². The minimum atomic E-state index is -0.354. The van der Waals surface area contributed by atoms with E-state index >= 15 is 0 Å². The van der Waals surface area contributed by atoms with Gasteiger partial charge in [0.2, 0.25) is 0 Å². The van der Waals surface area contributed by atoms with Crippen LogP contribution in [0.4, 0.5) is 0 Å². The molecule has 1 atom stereocenters. The Kier molecular flexibility index (Phi) is 9.54. The Morgan fingerprint density at radius 3 is 2.50 bits per heavy atom. The molecule has 1 fully saturated rings. The minimum absolute atomic E-state index is 0.354. The Bertz CT molecular complexity index is 179. The van der Waals surface area contributed by atoms with E-state index in [0.717, 1.165) is 6.54 Å². The van der Waals surface area contributed by atoms with Gasteiger partial charge in [-0.25, -0.2) is 0 Å². The van der Waals surface area contributed by atoms with Gasteiger partial charge in [0, 0.05) is 6.54 Å². The smallest absolute Gasteiger partial charge is 0.0897 e. The molecular formula is C15H31NO2. The molecule has 1 unspecified atom stereocenters. The summed E-state index contributed by atoms with van der Waals surface area (Å²) in [7, 11) is 0. The Labute approximate surface area is 112 Å². The van der Waals surface area contributed by atoms with Crippen molar-refractivity contribution in [2.75, 3.05) is 19.7 Å². The number of nitrogens with one attached hydrogen (secondary N) is 1. The van der Waals surface area contributed by atoms with Gasteiger partial charge in [-0.3, -0.25) is 0 Å². The SMILES string of the molecule is CCCCNCC(O)COC1CCCCCCC1. The van der Waals surface area contributed by atoms with Crippen LogP contribution < -0.4 is 5.32 Å². The molecule has 0 amide bonds. The maximum Gasteiger partial charge on any atom is 0.0897 e. The van der Waals surface area contributed by atoms with Crippen LogP contribution in [0.25, 0.3) is 0 Å². The van der Waals surface area contributed by atoms with Crippen LogP contribution in [0.1, 0.15) is 64.7 Å². The highest BCUT2D eigenvalue weighted by atomic mass is 16.5. The molecule has 0 heterocycles. The molecular weight excluding hydrogens is 226 g/mol. The molecule has 1 aliphatic rings. The molecule has 0 spiro atoms. The molecule has 1 saturated carbocycles. The van der Waals surface area contributed by atoms with Crippen molar-refractivity contribution in [1.29, 1.82) is 0 Å². The molecule has 18 heavy (non-hydrogen) atoms. The molecule has 0 aromatic carbocycles. The lowest BCUT2D eigenvalue weighted by Crippen LogP contribution is -2.32. The first-order chi connectivity index (χ1) is 8.83. The monoisotopic (exact) mass is 257 g/mol. The number of aliphatic hydroxyl groups is 1. The predicted molar refractivity (Wildman–Crippen MR) is 75.8 cm³/mol. The van der Waals surface area contributed by atoms with Gasteiger partial charge in [-0.15, -0.1) is 0 Å². The average molecular weight is 257 g/mol. The topological polar surface area (TPSA) is 41.5 Å². The predicted octanol–water partition coefficient (Wildman–Crippen LogP) is 2.87. The fourth-order valence-electron chi connectivity index (χ4n) is 2.46. The van der Waals surface area contributed by atoms with Gasteiger partial charge < -0.3 is 15.2 Å². The van der Waals surface area contributed by atoms with E-state index in [1.54, 1.807) is 0 Å². The van der Waals surface area contributed by atoms with Crippen molar-refractivity contribution in [3.8, 4) is 0 Å². The molecule has 3 heteroatoms. The Morgan fingerprint density at radius 1 is 1.17 bits per heavy atom. The van der Waals surface area contributed by atoms with Gasteiger partial charge >= 0.3 is 0 Å². The third kappa shape index (κ3) is 8.06. The highest BCUT2D eigenvalue weighted by molar-refractivity contribution is 4.65. The first-order valence-corrected chi connectivity index (χ1v) is 7.83. The molecule has 0 bridgehead atoms. The van der Waals surface area contributed by atoms with Crippen molar-refractivity contribution >= 4 is 0 Å². The highest BCUT2D eigenvalue weighted by Crippen LogP contribution is 2.19. The largest absolute Gasteiger partial charge is 0.389 e. The first kappa shape index (κ1) is 15.9. The quantitative estimate of drug-likeness (QED) is 0.657. The van der Waals surface area contributed by atoms with Crippen LogP contribution in [0, 0.1) is 0 Å². The lowest BCUT2D eigenvalue weighted by Gasteiger charge is -2.22. The lowest BCUT2D eigenvalue weighted by atomic mass is 9.98. The third-order valence-corrected chi connectivity index (χ3v) is 3.66. The van der Waals surface area contributed by atoms with E-state index < -0.39 is 0 Å². The van der Waals surface area contributed by atoms with E-state index in [0.29, 0.717) is 19.3 Å². The zero-order valence-electron chi connectivity index (χ0n) is 12.0. The fraction of sp³-hybridized carbons (Fsp3) is 1.00. The van der Waals surface area contributed by atoms with Crippen molar-refractivity contribution in [3.05, 3.63) is 0 Å². The molecule has 0 aliphatic heterocycles. The number of unbranched alkanes of at least 4 members (excludes halogenated alkanes) is 1. The molecule has 108 valence electrons. The summed E-state index contributed by atoms with van der Waals surface area (Å²) in [6, 6.07) is 0. The number of rotatable bonds is 8. The number of hydrogen-bond acceptors (Lipinski definition) is 3. The zero-order chi connectivity index (χ0) is 13.1. The molecule has 1 aliphatic carbocycles. The van der Waals surface area contributed by atoms with Crippen LogP contribution >= 0.6 is 0 Å². The van der Waals surface area contributed by atoms with Crippen LogP contribution in [0.2, 0.25) is 0 Å². The first-order valence-electron chi connectivity index (χ1n) is 7.83. The molecule has 1 rings (SSSR count). The van der Waals surface area contributed by atoms with Crippen molar-refractivity contribution < 1.29 is 9.84 Å². The molecule has 0 radical (unpaired) electrons. The second-order valence-corrected chi connectivity index (χ2v) is 5.51. The molecule has 0 saturated heterocycles. The average Bonchev–Trinajstić information content (AvgIpc) is 2.33. The lowest BCUT2D eigenvalue weighted by molar-refractivity contribution is -0.0185. The van der Waals surface area contributed by atoms with Gasteiger partial charge in [-0.1, -0.05) is 45.4 Å². The Balaban J connectivity index is 2.02. The second kappa shape index (κ2) is 10.8. The van der Waals surface area contributed by atoms with E-state index in [-0.39, 0.29) is 6.10 Å². The van der Waals surface area contributed by atoms with Crippen molar-refractivity contribution in [1.82, 2.24) is 5.32 Å². The summed E-state index contributed by atoms with van der Waals surface area (Å²) in [4.78, 5) is 0. The van der Waals surface area contributed by atoms with Gasteiger partial charge in [0.15, 0.2) is 0 Å². The summed E-state index contributed by atoms with van der Waals surface area (Å²) in [5.74, 6) is 0. The Hall–Kier alpha value is -0.120. The van der Waals surface area contributed by atoms with Crippen LogP contribution in [0.15, 0.2) is 0 Å². The van der Waals surface area contributed by atoms with Crippen molar-refractivity contribution in [3.63, 3.8) is 0 Å². The van der Waals surface area contributed by atoms with Gasteiger partial charge in [0.05, 0.1) is 18.8 Å². The molecule has 0 aromatic rings. The fourth-order valence-corrected chi connectivity index (χ4v) is 2.46. The highest BCUT2D eigenvalue weighted by Gasteiger charge is 2.13. The number of hydrogen-bond donors (Lipinski definition) is 2. The maximum absolute atomic E-state index is 9.82. The van der Waals surface area contributed by atoms with Crippen LogP contribution in [0.3, 0.4) is 0 Å². The van der Waals surface area contributed by atoms with Crippen LogP contribution in [0.5, 0.6) is 0 Å². The molecule has 3 nitrogen and oxygen atoms in total. The maximum atomic E-state index is 9.82. The van der Waals surface area contributed by atoms with Crippen LogP contribution in [-0.2, 0) is 4.74 Å². The summed E-state index contributed by atoms with van der Waals surface area (Å²) in [6.07, 6.45) is 11.4. The standard InChI is InChI=1S/C15H31NO2/c1-2-3-11-16-12-14(17)13-18-15-9-7-5-4-6-8-10-15/h14-17H,2-13H2,1H3. The van der Waals surface area contributed by atoms with Crippen molar-refractivity contribution in [2.24, 2.45) is 0 Å². The minimum Gasteiger partial charge on any atom is -0.389 e. The van der Waals surface area contributed by atoms with Crippen molar-refractivity contribution in [2.45, 2.75) is 76.9 Å². The number of ether oxygens (including phenoxy) is 1. The van der Waals surface area contributed by atoms with E-state index in [9.17, 15) is 5.11 Å². The molecule has 2 N–H and O–H groups in total. The summed E-state index contributed by atoms with van der Waals surface area (Å²) < 4.78 is 5.85. The van der Waals surface area contributed by atoms with E-state index in [2.05, 4.69) is 12.2 Å². The van der Waals surface area contributed by atoms with E-state index in [1.807, 2.05) is 0 Å². The summed E-state index contributed by atoms with van der Waals surface area (Å²) in [5.41, 5.74) is 0. The van der Waals surface area contributed by atoms with Gasteiger partial charge in [-0.05, 0) is 25.8 Å². The summed E-state index contributed by atoms with van der Waals surface area (Å²) in [5, 5.41) is 13.1. The normalized spacial score (nSPS) is 20.3. The zero-order valence-corrected chi connectivity index (χ0v) is 12.0. The Morgan fingerprint density at radius 2 is 1.83 bits per heavy atom. The second-order valence-electron chi connectivity index (χ2n) is 5.51. The van der Waals surface area contributed by atoms with Gasteiger partial charge in [0.25, 0.3) is 0 Å². The van der Waals surface area contributed by atoms with Crippen LogP contribution in [-0.4, -0.2) is 37.0 Å². The number of aliphatic hydroxyl groups excluding tert-OH is 1. The molecule has 0 aromatic heterocycles. The van der Waals surface area contributed by atoms with E-state index in [1.165, 1.54) is 57.8 Å². The van der Waals surface area contributed by atoms with Gasteiger partial charge in [-0.2, -0.15) is 0 Å². The summed E-state index contributed by atoms with van der Waals surface area (Å²) >= 11 is 0. The van der Waals surface area contributed by atoms with E-state index in [4.69, 9.17) is 4.74 Å². The summed E-state index contributed by atoms with van der Waals surface area (Å²) in [6.45, 7) is 4.32. The third-order valence-electron chi connectivity index (χ3n) is 3.66.